The van der Waals surface area contributed by atoms with Gasteiger partial charge in [0.1, 0.15) is 11.5 Å². The third-order valence-corrected chi connectivity index (χ3v) is 2.89. The van der Waals surface area contributed by atoms with Crippen molar-refractivity contribution in [2.75, 3.05) is 7.05 Å². The Hall–Kier alpha value is -0.820. The van der Waals surface area contributed by atoms with Crippen LogP contribution in [0.1, 0.15) is 17.1 Å². The van der Waals surface area contributed by atoms with Crippen LogP contribution in [-0.2, 0) is 13.1 Å². The Labute approximate surface area is 108 Å². The summed E-state index contributed by atoms with van der Waals surface area (Å²) in [6, 6.07) is 2.07. The van der Waals surface area contributed by atoms with Crippen LogP contribution in [0.15, 0.2) is 22.9 Å². The van der Waals surface area contributed by atoms with E-state index in [0.717, 1.165) is 21.6 Å². The molecule has 1 N–H and O–H groups in total. The first-order valence-electron chi connectivity index (χ1n) is 5.10. The fourth-order valence-electron chi connectivity index (χ4n) is 1.59. The Bertz CT molecular complexity index is 475. The summed E-state index contributed by atoms with van der Waals surface area (Å²) in [4.78, 5) is 0. The van der Waals surface area contributed by atoms with E-state index in [1.165, 1.54) is 5.56 Å². The molecule has 0 radical (unpaired) electrons. The van der Waals surface area contributed by atoms with Crippen LogP contribution in [0.4, 0.5) is 0 Å². The summed E-state index contributed by atoms with van der Waals surface area (Å²) in [5.41, 5.74) is 1.19. The highest BCUT2D eigenvalue weighted by atomic mass is 127. The van der Waals surface area contributed by atoms with Crippen LogP contribution in [0.5, 0.6) is 0 Å². The van der Waals surface area contributed by atoms with Crippen molar-refractivity contribution in [1.29, 1.82) is 0 Å². The third-order valence-electron chi connectivity index (χ3n) is 2.33. The third kappa shape index (κ3) is 2.65. The molecular weight excluding hydrogens is 317 g/mol. The molecule has 0 bridgehead atoms. The molecule has 2 rings (SSSR count). The van der Waals surface area contributed by atoms with Crippen LogP contribution in [0.3, 0.4) is 0 Å². The Morgan fingerprint density at radius 1 is 1.56 bits per heavy atom. The second-order valence-corrected chi connectivity index (χ2v) is 4.95. The van der Waals surface area contributed by atoms with Gasteiger partial charge in [-0.05, 0) is 48.2 Å². The Kier molecular flexibility index (Phi) is 3.65. The van der Waals surface area contributed by atoms with E-state index >= 15 is 0 Å². The zero-order valence-electron chi connectivity index (χ0n) is 9.33. The highest BCUT2D eigenvalue weighted by molar-refractivity contribution is 14.1. The van der Waals surface area contributed by atoms with E-state index in [0.29, 0.717) is 6.54 Å². The van der Waals surface area contributed by atoms with E-state index < -0.39 is 0 Å². The summed E-state index contributed by atoms with van der Waals surface area (Å²) in [7, 11) is 1.91. The van der Waals surface area contributed by atoms with Crippen molar-refractivity contribution in [3.05, 3.63) is 39.1 Å². The lowest BCUT2D eigenvalue weighted by Gasteiger charge is -1.98. The number of halogens is 1. The number of hydrogen-bond donors (Lipinski definition) is 1. The molecule has 5 heteroatoms. The van der Waals surface area contributed by atoms with Crippen LogP contribution in [0.25, 0.3) is 0 Å². The maximum absolute atomic E-state index is 5.74. The van der Waals surface area contributed by atoms with Crippen molar-refractivity contribution in [2.45, 2.75) is 20.0 Å². The van der Waals surface area contributed by atoms with Crippen molar-refractivity contribution in [2.24, 2.45) is 0 Å². The normalized spacial score (nSPS) is 10.9. The number of hydrogen-bond acceptors (Lipinski definition) is 3. The van der Waals surface area contributed by atoms with Crippen LogP contribution < -0.4 is 5.32 Å². The molecule has 0 unspecified atom stereocenters. The molecule has 86 valence electrons. The molecule has 0 aromatic carbocycles. The average molecular weight is 331 g/mol. The summed E-state index contributed by atoms with van der Waals surface area (Å²) in [6.45, 7) is 3.52. The van der Waals surface area contributed by atoms with Gasteiger partial charge in [-0.3, -0.25) is 4.68 Å². The lowest BCUT2D eigenvalue weighted by molar-refractivity contribution is 0.435. The summed E-state index contributed by atoms with van der Waals surface area (Å²) < 4.78 is 8.76. The fourth-order valence-corrected chi connectivity index (χ4v) is 2.03. The Morgan fingerprint density at radius 3 is 3.00 bits per heavy atom. The van der Waals surface area contributed by atoms with Crippen molar-refractivity contribution in [1.82, 2.24) is 15.1 Å². The van der Waals surface area contributed by atoms with E-state index in [-0.39, 0.29) is 0 Å². The van der Waals surface area contributed by atoms with Gasteiger partial charge < -0.3 is 9.73 Å². The van der Waals surface area contributed by atoms with E-state index in [1.807, 2.05) is 24.1 Å². The van der Waals surface area contributed by atoms with E-state index in [2.05, 4.69) is 46.0 Å². The number of aryl methyl sites for hydroxylation is 1. The zero-order chi connectivity index (χ0) is 11.5. The molecule has 2 aromatic rings. The average Bonchev–Trinajstić information content (AvgIpc) is 2.76. The van der Waals surface area contributed by atoms with E-state index in [1.54, 1.807) is 0 Å². The number of furan rings is 1. The highest BCUT2D eigenvalue weighted by Crippen LogP contribution is 2.15. The van der Waals surface area contributed by atoms with Crippen molar-refractivity contribution >= 4 is 22.6 Å². The molecular formula is C11H14IN3O. The summed E-state index contributed by atoms with van der Waals surface area (Å²) >= 11 is 2.24. The number of nitrogens with zero attached hydrogens (tertiary/aromatic N) is 2. The molecule has 0 saturated carbocycles. The minimum absolute atomic E-state index is 0.688. The number of aromatic nitrogens is 2. The largest absolute Gasteiger partial charge is 0.462 e. The molecule has 0 atom stereocenters. The second kappa shape index (κ2) is 5.01. The van der Waals surface area contributed by atoms with Gasteiger partial charge in [-0.25, -0.2) is 0 Å². The Balaban J connectivity index is 2.13. The number of nitrogens with one attached hydrogen (secondary N) is 1. The lowest BCUT2D eigenvalue weighted by atomic mass is 10.2. The molecule has 0 fully saturated rings. The molecule has 2 aromatic heterocycles. The van der Waals surface area contributed by atoms with Gasteiger partial charge in [0, 0.05) is 6.20 Å². The molecule has 0 spiro atoms. The molecule has 16 heavy (non-hydrogen) atoms. The highest BCUT2D eigenvalue weighted by Gasteiger charge is 2.07. The molecule has 0 amide bonds. The maximum atomic E-state index is 5.74. The van der Waals surface area contributed by atoms with Gasteiger partial charge in [0.25, 0.3) is 0 Å². The first-order valence-corrected chi connectivity index (χ1v) is 6.17. The van der Waals surface area contributed by atoms with Crippen molar-refractivity contribution in [3.63, 3.8) is 0 Å². The van der Waals surface area contributed by atoms with Crippen molar-refractivity contribution < 1.29 is 4.42 Å². The lowest BCUT2D eigenvalue weighted by Crippen LogP contribution is -2.04. The monoisotopic (exact) mass is 331 g/mol. The second-order valence-electron chi connectivity index (χ2n) is 3.71. The molecule has 0 saturated heterocycles. The quantitative estimate of drug-likeness (QED) is 0.873. The maximum Gasteiger partial charge on any atom is 0.126 e. The first-order chi connectivity index (χ1) is 7.69. The van der Waals surface area contributed by atoms with Crippen molar-refractivity contribution in [3.8, 4) is 0 Å². The number of rotatable bonds is 4. The predicted octanol–water partition coefficient (Wildman–Crippen LogP) is 2.16. The van der Waals surface area contributed by atoms with Crippen LogP contribution in [-0.4, -0.2) is 16.8 Å². The van der Waals surface area contributed by atoms with E-state index in [9.17, 15) is 0 Å². The molecule has 0 aliphatic rings. The van der Waals surface area contributed by atoms with Gasteiger partial charge in [0.2, 0.25) is 0 Å². The van der Waals surface area contributed by atoms with E-state index in [4.69, 9.17) is 4.42 Å². The van der Waals surface area contributed by atoms with Gasteiger partial charge >= 0.3 is 0 Å². The summed E-state index contributed by atoms with van der Waals surface area (Å²) in [5, 5.41) is 7.32. The smallest absolute Gasteiger partial charge is 0.126 e. The van der Waals surface area contributed by atoms with Crippen LogP contribution in [0, 0.1) is 10.5 Å². The fraction of sp³-hybridized carbons (Fsp3) is 0.364. The molecule has 0 aliphatic carbocycles. The topological polar surface area (TPSA) is 43.0 Å². The van der Waals surface area contributed by atoms with Crippen LogP contribution >= 0.6 is 22.6 Å². The van der Waals surface area contributed by atoms with Gasteiger partial charge in [-0.15, -0.1) is 0 Å². The minimum atomic E-state index is 0.688. The standard InChI is InChI=1S/C11H14IN3O/c1-8-3-10(16-11(8)5-13-2)7-15-6-9(12)4-14-15/h3-4,6,13H,5,7H2,1-2H3. The molecule has 2 heterocycles. The summed E-state index contributed by atoms with van der Waals surface area (Å²) in [5.74, 6) is 1.95. The van der Waals surface area contributed by atoms with Gasteiger partial charge in [0.05, 0.1) is 22.9 Å². The van der Waals surface area contributed by atoms with Crippen LogP contribution in [0.2, 0.25) is 0 Å². The summed E-state index contributed by atoms with van der Waals surface area (Å²) in [6.07, 6.45) is 3.83. The van der Waals surface area contributed by atoms with Gasteiger partial charge in [-0.2, -0.15) is 5.10 Å². The first kappa shape index (κ1) is 11.7. The Morgan fingerprint density at radius 2 is 2.38 bits per heavy atom. The zero-order valence-corrected chi connectivity index (χ0v) is 11.5. The molecule has 4 nitrogen and oxygen atoms in total. The van der Waals surface area contributed by atoms with Gasteiger partial charge in [0.15, 0.2) is 0 Å². The predicted molar refractivity (Wildman–Crippen MR) is 70.3 cm³/mol. The SMILES string of the molecule is CNCc1oc(Cn2cc(I)cn2)cc1C. The molecule has 0 aliphatic heterocycles. The minimum Gasteiger partial charge on any atom is -0.462 e. The van der Waals surface area contributed by atoms with Gasteiger partial charge in [-0.1, -0.05) is 0 Å².